The van der Waals surface area contributed by atoms with Crippen molar-refractivity contribution in [3.8, 4) is 11.1 Å². The third-order valence-electron chi connectivity index (χ3n) is 4.66. The second-order valence-electron chi connectivity index (χ2n) is 6.44. The first kappa shape index (κ1) is 19.2. The molecule has 0 heterocycles. The Hall–Kier alpha value is -2.52. The van der Waals surface area contributed by atoms with Crippen LogP contribution in [0.2, 0.25) is 0 Å². The van der Waals surface area contributed by atoms with E-state index in [1.165, 1.54) is 39.8 Å². The van der Waals surface area contributed by atoms with Crippen LogP contribution in [-0.4, -0.2) is 13.1 Å². The van der Waals surface area contributed by atoms with Crippen LogP contribution in [0.5, 0.6) is 0 Å². The molecule has 0 atom stereocenters. The molecule has 0 radical (unpaired) electrons. The number of carbonyl (C=O) groups is 1. The summed E-state index contributed by atoms with van der Waals surface area (Å²) in [5, 5.41) is 0. The Labute approximate surface area is 165 Å². The van der Waals surface area contributed by atoms with Gasteiger partial charge in [-0.2, -0.15) is 0 Å². The number of carbonyl (C=O) groups excluding carboxylic acids is 1. The molecule has 0 spiro atoms. The Kier molecular flexibility index (Phi) is 6.36. The molecule has 0 aromatic heterocycles. The summed E-state index contributed by atoms with van der Waals surface area (Å²) in [6.45, 7) is 4.37. The zero-order chi connectivity index (χ0) is 19.2. The molecule has 0 N–H and O–H groups in total. The smallest absolute Gasteiger partial charge is 0.337 e. The van der Waals surface area contributed by atoms with Crippen LogP contribution in [-0.2, 0) is 16.9 Å². The van der Waals surface area contributed by atoms with Gasteiger partial charge in [0.25, 0.3) is 0 Å². The van der Waals surface area contributed by atoms with E-state index in [1.54, 1.807) is 0 Å². The number of aryl methyl sites for hydroxylation is 2. The van der Waals surface area contributed by atoms with Gasteiger partial charge in [-0.25, -0.2) is 4.79 Å². The molecule has 0 saturated carbocycles. The predicted molar refractivity (Wildman–Crippen MR) is 113 cm³/mol. The van der Waals surface area contributed by atoms with Gasteiger partial charge in [-0.15, -0.1) is 11.8 Å². The van der Waals surface area contributed by atoms with Gasteiger partial charge in [-0.3, -0.25) is 0 Å². The quantitative estimate of drug-likeness (QED) is 0.373. The van der Waals surface area contributed by atoms with Crippen molar-refractivity contribution in [2.75, 3.05) is 7.11 Å². The van der Waals surface area contributed by atoms with Crippen LogP contribution in [0.4, 0.5) is 0 Å². The molecule has 138 valence electrons. The van der Waals surface area contributed by atoms with E-state index in [4.69, 9.17) is 4.74 Å². The Morgan fingerprint density at radius 1 is 0.926 bits per heavy atom. The van der Waals surface area contributed by atoms with Crippen molar-refractivity contribution in [2.45, 2.75) is 30.9 Å². The lowest BCUT2D eigenvalue weighted by Gasteiger charge is -2.15. The second kappa shape index (κ2) is 8.92. The SMILES string of the molecule is CCc1ccccc1-c1cccc(C)c1SCc1ccc(C(=O)OC)cc1. The Morgan fingerprint density at radius 3 is 2.33 bits per heavy atom. The van der Waals surface area contributed by atoms with Crippen LogP contribution in [0, 0.1) is 6.92 Å². The summed E-state index contributed by atoms with van der Waals surface area (Å²) in [7, 11) is 1.40. The number of hydrogen-bond acceptors (Lipinski definition) is 3. The molecule has 0 aliphatic carbocycles. The highest BCUT2D eigenvalue weighted by Crippen LogP contribution is 2.37. The predicted octanol–water partition coefficient (Wildman–Crippen LogP) is 6.30. The summed E-state index contributed by atoms with van der Waals surface area (Å²) >= 11 is 1.84. The Bertz CT molecular complexity index is 929. The third-order valence-corrected chi connectivity index (χ3v) is 5.97. The highest BCUT2D eigenvalue weighted by atomic mass is 32.2. The molecule has 3 heteroatoms. The number of rotatable bonds is 6. The number of benzene rings is 3. The first-order valence-electron chi connectivity index (χ1n) is 9.12. The highest BCUT2D eigenvalue weighted by Gasteiger charge is 2.12. The van der Waals surface area contributed by atoms with Crippen LogP contribution in [0.25, 0.3) is 11.1 Å². The van der Waals surface area contributed by atoms with Crippen molar-refractivity contribution >= 4 is 17.7 Å². The van der Waals surface area contributed by atoms with Gasteiger partial charge in [0.15, 0.2) is 0 Å². The summed E-state index contributed by atoms with van der Waals surface area (Å²) in [6, 6.07) is 22.8. The number of methoxy groups -OCH3 is 1. The third kappa shape index (κ3) is 4.42. The molecule has 0 aliphatic rings. The molecule has 3 aromatic carbocycles. The summed E-state index contributed by atoms with van der Waals surface area (Å²) in [6.07, 6.45) is 1.02. The molecule has 0 saturated heterocycles. The van der Waals surface area contributed by atoms with Gasteiger partial charge in [0, 0.05) is 10.6 Å². The molecule has 0 amide bonds. The molecule has 0 aliphatic heterocycles. The molecular weight excluding hydrogens is 352 g/mol. The molecule has 27 heavy (non-hydrogen) atoms. The van der Waals surface area contributed by atoms with Crippen molar-refractivity contribution in [1.29, 1.82) is 0 Å². The van der Waals surface area contributed by atoms with Crippen molar-refractivity contribution in [3.63, 3.8) is 0 Å². The average Bonchev–Trinajstić information content (AvgIpc) is 2.72. The van der Waals surface area contributed by atoms with Crippen LogP contribution in [0.3, 0.4) is 0 Å². The normalized spacial score (nSPS) is 10.6. The van der Waals surface area contributed by atoms with E-state index in [2.05, 4.69) is 56.3 Å². The van der Waals surface area contributed by atoms with E-state index in [0.717, 1.165) is 12.2 Å². The first-order chi connectivity index (χ1) is 13.1. The Morgan fingerprint density at radius 2 is 1.63 bits per heavy atom. The summed E-state index contributed by atoms with van der Waals surface area (Å²) in [5.74, 6) is 0.555. The topological polar surface area (TPSA) is 26.3 Å². The lowest BCUT2D eigenvalue weighted by molar-refractivity contribution is 0.0600. The van der Waals surface area contributed by atoms with E-state index >= 15 is 0 Å². The van der Waals surface area contributed by atoms with Crippen molar-refractivity contribution in [3.05, 3.63) is 89.0 Å². The molecule has 0 fully saturated rings. The summed E-state index contributed by atoms with van der Waals surface area (Å²) in [5.41, 5.74) is 7.03. The molecular formula is C24H24O2S. The fourth-order valence-corrected chi connectivity index (χ4v) is 4.29. The van der Waals surface area contributed by atoms with Gasteiger partial charge in [0.1, 0.15) is 0 Å². The van der Waals surface area contributed by atoms with Crippen molar-refractivity contribution in [1.82, 2.24) is 0 Å². The maximum absolute atomic E-state index is 11.6. The average molecular weight is 377 g/mol. The van der Waals surface area contributed by atoms with Gasteiger partial charge in [0.05, 0.1) is 12.7 Å². The molecule has 2 nitrogen and oxygen atoms in total. The van der Waals surface area contributed by atoms with E-state index < -0.39 is 0 Å². The van der Waals surface area contributed by atoms with E-state index in [0.29, 0.717) is 5.56 Å². The van der Waals surface area contributed by atoms with Crippen LogP contribution < -0.4 is 0 Å². The lowest BCUT2D eigenvalue weighted by Crippen LogP contribution is -2.00. The summed E-state index contributed by atoms with van der Waals surface area (Å²) < 4.78 is 4.76. The molecule has 3 aromatic rings. The zero-order valence-electron chi connectivity index (χ0n) is 16.0. The van der Waals surface area contributed by atoms with Gasteiger partial charge in [-0.05, 0) is 53.3 Å². The fourth-order valence-electron chi connectivity index (χ4n) is 3.16. The standard InChI is InChI=1S/C24H24O2S/c1-4-19-9-5-6-10-21(19)22-11-7-8-17(2)23(22)27-16-18-12-14-20(15-13-18)24(25)26-3/h5-15H,4,16H2,1-3H3. The van der Waals surface area contributed by atoms with E-state index in [-0.39, 0.29) is 5.97 Å². The molecule has 0 bridgehead atoms. The molecule has 3 rings (SSSR count). The minimum atomic E-state index is -0.299. The zero-order valence-corrected chi connectivity index (χ0v) is 16.8. The first-order valence-corrected chi connectivity index (χ1v) is 10.1. The maximum atomic E-state index is 11.6. The number of hydrogen-bond donors (Lipinski definition) is 0. The largest absolute Gasteiger partial charge is 0.465 e. The lowest BCUT2D eigenvalue weighted by atomic mass is 9.97. The monoisotopic (exact) mass is 376 g/mol. The van der Waals surface area contributed by atoms with E-state index in [1.807, 2.05) is 36.0 Å². The van der Waals surface area contributed by atoms with Gasteiger partial charge in [-0.1, -0.05) is 61.5 Å². The minimum absolute atomic E-state index is 0.299. The minimum Gasteiger partial charge on any atom is -0.465 e. The van der Waals surface area contributed by atoms with Crippen molar-refractivity contribution in [2.24, 2.45) is 0 Å². The van der Waals surface area contributed by atoms with Crippen LogP contribution in [0.1, 0.15) is 34.0 Å². The second-order valence-corrected chi connectivity index (χ2v) is 7.43. The van der Waals surface area contributed by atoms with E-state index in [9.17, 15) is 4.79 Å². The van der Waals surface area contributed by atoms with Gasteiger partial charge in [0.2, 0.25) is 0 Å². The highest BCUT2D eigenvalue weighted by molar-refractivity contribution is 7.98. The van der Waals surface area contributed by atoms with Gasteiger partial charge < -0.3 is 4.74 Å². The van der Waals surface area contributed by atoms with Crippen LogP contribution in [0.15, 0.2) is 71.6 Å². The number of esters is 1. The summed E-state index contributed by atoms with van der Waals surface area (Å²) in [4.78, 5) is 12.9. The van der Waals surface area contributed by atoms with Gasteiger partial charge >= 0.3 is 5.97 Å². The number of ether oxygens (including phenoxy) is 1. The maximum Gasteiger partial charge on any atom is 0.337 e. The fraction of sp³-hybridized carbons (Fsp3) is 0.208. The van der Waals surface area contributed by atoms with Crippen molar-refractivity contribution < 1.29 is 9.53 Å². The van der Waals surface area contributed by atoms with Crippen LogP contribution >= 0.6 is 11.8 Å². The number of thioether (sulfide) groups is 1. The molecule has 0 unspecified atom stereocenters. The Balaban J connectivity index is 1.86.